The molecule has 1 aromatic rings. The summed E-state index contributed by atoms with van der Waals surface area (Å²) >= 11 is 0. The van der Waals surface area contributed by atoms with Crippen molar-refractivity contribution in [3.63, 3.8) is 0 Å². The van der Waals surface area contributed by atoms with E-state index >= 15 is 0 Å². The van der Waals surface area contributed by atoms with Gasteiger partial charge < -0.3 is 9.88 Å². The van der Waals surface area contributed by atoms with Crippen molar-refractivity contribution in [2.45, 2.75) is 57.9 Å². The third kappa shape index (κ3) is 3.58. The van der Waals surface area contributed by atoms with Gasteiger partial charge >= 0.3 is 0 Å². The molecule has 0 amide bonds. The van der Waals surface area contributed by atoms with E-state index in [1.165, 1.54) is 50.8 Å². The zero-order valence-corrected chi connectivity index (χ0v) is 11.9. The average molecular weight is 249 g/mol. The third-order valence-electron chi connectivity index (χ3n) is 4.16. The van der Waals surface area contributed by atoms with Gasteiger partial charge in [0, 0.05) is 19.4 Å². The first-order valence-electron chi connectivity index (χ1n) is 7.52. The van der Waals surface area contributed by atoms with Crippen molar-refractivity contribution in [1.29, 1.82) is 0 Å². The van der Waals surface area contributed by atoms with E-state index in [0.717, 1.165) is 12.5 Å². The molecule has 1 atom stereocenters. The molecule has 1 N–H and O–H groups in total. The van der Waals surface area contributed by atoms with Crippen LogP contribution in [-0.2, 0) is 7.05 Å². The predicted molar refractivity (Wildman–Crippen MR) is 75.4 cm³/mol. The van der Waals surface area contributed by atoms with Gasteiger partial charge in [-0.05, 0) is 18.9 Å². The van der Waals surface area contributed by atoms with Crippen LogP contribution in [0.15, 0.2) is 12.4 Å². The van der Waals surface area contributed by atoms with Crippen LogP contribution in [0, 0.1) is 5.92 Å². The second-order valence-corrected chi connectivity index (χ2v) is 5.60. The standard InChI is InChI=1S/C15H27N3/c1-3-16-14(15-17-10-11-18(15)2)12-13-8-6-4-5-7-9-13/h10-11,13-14,16H,3-9,12H2,1-2H3. The Morgan fingerprint density at radius 1 is 1.33 bits per heavy atom. The summed E-state index contributed by atoms with van der Waals surface area (Å²) in [6.07, 6.45) is 13.7. The van der Waals surface area contributed by atoms with E-state index in [1.54, 1.807) is 0 Å². The second kappa shape index (κ2) is 6.93. The third-order valence-corrected chi connectivity index (χ3v) is 4.16. The summed E-state index contributed by atoms with van der Waals surface area (Å²) in [6, 6.07) is 0.429. The normalized spacial score (nSPS) is 19.7. The lowest BCUT2D eigenvalue weighted by atomic mass is 9.92. The fourth-order valence-corrected chi connectivity index (χ4v) is 3.17. The Morgan fingerprint density at radius 2 is 2.06 bits per heavy atom. The van der Waals surface area contributed by atoms with Crippen LogP contribution in [0.25, 0.3) is 0 Å². The van der Waals surface area contributed by atoms with Gasteiger partial charge in [0.2, 0.25) is 0 Å². The van der Waals surface area contributed by atoms with Gasteiger partial charge in [-0.25, -0.2) is 4.98 Å². The number of aromatic nitrogens is 2. The molecule has 1 fully saturated rings. The average Bonchev–Trinajstić information content (AvgIpc) is 2.63. The molecule has 1 aromatic heterocycles. The molecular formula is C15H27N3. The smallest absolute Gasteiger partial charge is 0.125 e. The summed E-state index contributed by atoms with van der Waals surface area (Å²) in [6.45, 7) is 3.20. The van der Waals surface area contributed by atoms with Gasteiger partial charge in [0.05, 0.1) is 6.04 Å². The number of rotatable bonds is 5. The van der Waals surface area contributed by atoms with Gasteiger partial charge in [0.1, 0.15) is 5.82 Å². The van der Waals surface area contributed by atoms with Crippen LogP contribution in [0.5, 0.6) is 0 Å². The molecule has 1 heterocycles. The molecular weight excluding hydrogens is 222 g/mol. The Kier molecular flexibility index (Phi) is 5.24. The van der Waals surface area contributed by atoms with Crippen LogP contribution in [0.4, 0.5) is 0 Å². The van der Waals surface area contributed by atoms with Crippen molar-refractivity contribution in [3.05, 3.63) is 18.2 Å². The van der Waals surface area contributed by atoms with E-state index in [9.17, 15) is 0 Å². The Balaban J connectivity index is 1.99. The maximum atomic E-state index is 4.52. The summed E-state index contributed by atoms with van der Waals surface area (Å²) in [4.78, 5) is 4.52. The molecule has 2 rings (SSSR count). The van der Waals surface area contributed by atoms with Crippen molar-refractivity contribution < 1.29 is 0 Å². The zero-order valence-electron chi connectivity index (χ0n) is 11.9. The van der Waals surface area contributed by atoms with Crippen LogP contribution in [0.3, 0.4) is 0 Å². The quantitative estimate of drug-likeness (QED) is 0.810. The highest BCUT2D eigenvalue weighted by Crippen LogP contribution is 2.30. The minimum absolute atomic E-state index is 0.429. The molecule has 0 radical (unpaired) electrons. The molecule has 0 spiro atoms. The Labute approximate surface area is 111 Å². The van der Waals surface area contributed by atoms with Gasteiger partial charge in [-0.3, -0.25) is 0 Å². The highest BCUT2D eigenvalue weighted by molar-refractivity contribution is 4.99. The maximum Gasteiger partial charge on any atom is 0.125 e. The predicted octanol–water partition coefficient (Wildman–Crippen LogP) is 3.43. The van der Waals surface area contributed by atoms with E-state index in [0.29, 0.717) is 6.04 Å². The first kappa shape index (κ1) is 13.6. The summed E-state index contributed by atoms with van der Waals surface area (Å²) in [5.41, 5.74) is 0. The van der Waals surface area contributed by atoms with Crippen LogP contribution >= 0.6 is 0 Å². The van der Waals surface area contributed by atoms with Crippen LogP contribution in [-0.4, -0.2) is 16.1 Å². The largest absolute Gasteiger partial charge is 0.337 e. The minimum atomic E-state index is 0.429. The number of imidazole rings is 1. The molecule has 0 aliphatic heterocycles. The molecule has 0 saturated heterocycles. The van der Waals surface area contributed by atoms with E-state index in [-0.39, 0.29) is 0 Å². The number of hydrogen-bond donors (Lipinski definition) is 1. The van der Waals surface area contributed by atoms with E-state index in [2.05, 4.69) is 28.8 Å². The molecule has 1 unspecified atom stereocenters. The van der Waals surface area contributed by atoms with Gasteiger partial charge in [-0.15, -0.1) is 0 Å². The molecule has 3 nitrogen and oxygen atoms in total. The molecule has 0 aromatic carbocycles. The number of nitrogens with zero attached hydrogens (tertiary/aromatic N) is 2. The summed E-state index contributed by atoms with van der Waals surface area (Å²) in [7, 11) is 2.10. The van der Waals surface area contributed by atoms with Crippen molar-refractivity contribution in [2.24, 2.45) is 13.0 Å². The van der Waals surface area contributed by atoms with E-state index in [4.69, 9.17) is 0 Å². The van der Waals surface area contributed by atoms with Crippen molar-refractivity contribution in [1.82, 2.24) is 14.9 Å². The fourth-order valence-electron chi connectivity index (χ4n) is 3.17. The summed E-state index contributed by atoms with van der Waals surface area (Å²) in [5, 5.41) is 3.61. The lowest BCUT2D eigenvalue weighted by Crippen LogP contribution is -2.26. The minimum Gasteiger partial charge on any atom is -0.337 e. The first-order valence-corrected chi connectivity index (χ1v) is 7.52. The zero-order chi connectivity index (χ0) is 12.8. The summed E-state index contributed by atoms with van der Waals surface area (Å²) < 4.78 is 2.16. The Bertz CT molecular complexity index is 337. The highest BCUT2D eigenvalue weighted by atomic mass is 15.1. The number of aryl methyl sites for hydroxylation is 1. The Morgan fingerprint density at radius 3 is 2.61 bits per heavy atom. The highest BCUT2D eigenvalue weighted by Gasteiger charge is 2.21. The number of hydrogen-bond acceptors (Lipinski definition) is 2. The molecule has 1 saturated carbocycles. The molecule has 1 aliphatic rings. The van der Waals surface area contributed by atoms with Gasteiger partial charge in [0.25, 0.3) is 0 Å². The molecule has 0 bridgehead atoms. The second-order valence-electron chi connectivity index (χ2n) is 5.60. The van der Waals surface area contributed by atoms with Gasteiger partial charge in [-0.2, -0.15) is 0 Å². The lowest BCUT2D eigenvalue weighted by Gasteiger charge is -2.23. The van der Waals surface area contributed by atoms with Gasteiger partial charge in [0.15, 0.2) is 0 Å². The van der Waals surface area contributed by atoms with Crippen LogP contribution in [0.1, 0.15) is 63.7 Å². The molecule has 3 heteroatoms. The van der Waals surface area contributed by atoms with Crippen molar-refractivity contribution in [3.8, 4) is 0 Å². The maximum absolute atomic E-state index is 4.52. The first-order chi connectivity index (χ1) is 8.81. The van der Waals surface area contributed by atoms with Crippen molar-refractivity contribution >= 4 is 0 Å². The summed E-state index contributed by atoms with van der Waals surface area (Å²) in [5.74, 6) is 2.08. The monoisotopic (exact) mass is 249 g/mol. The lowest BCUT2D eigenvalue weighted by molar-refractivity contribution is 0.347. The fraction of sp³-hybridized carbons (Fsp3) is 0.800. The molecule has 1 aliphatic carbocycles. The van der Waals surface area contributed by atoms with Gasteiger partial charge in [-0.1, -0.05) is 45.4 Å². The molecule has 102 valence electrons. The van der Waals surface area contributed by atoms with E-state index < -0.39 is 0 Å². The topological polar surface area (TPSA) is 29.9 Å². The van der Waals surface area contributed by atoms with E-state index in [1.807, 2.05) is 12.4 Å². The van der Waals surface area contributed by atoms with Crippen LogP contribution in [0.2, 0.25) is 0 Å². The Hall–Kier alpha value is -0.830. The molecule has 18 heavy (non-hydrogen) atoms. The van der Waals surface area contributed by atoms with Crippen LogP contribution < -0.4 is 5.32 Å². The van der Waals surface area contributed by atoms with Crippen molar-refractivity contribution in [2.75, 3.05) is 6.54 Å². The number of nitrogens with one attached hydrogen (secondary N) is 1. The SMILES string of the molecule is CCNC(CC1CCCCCC1)c1nccn1C.